The third-order valence-electron chi connectivity index (χ3n) is 2.14. The van der Waals surface area contributed by atoms with Crippen molar-refractivity contribution in [2.45, 2.75) is 6.92 Å². The Morgan fingerprint density at radius 2 is 1.74 bits per heavy atom. The minimum Gasteiger partial charge on any atom is -0.354 e. The summed E-state index contributed by atoms with van der Waals surface area (Å²) in [6, 6.07) is 3.51. The summed E-state index contributed by atoms with van der Waals surface area (Å²) in [5.41, 5.74) is -0.341. The normalized spacial score (nSPS) is 10.3. The fraction of sp³-hybridized carbons (Fsp3) is 0.182. The van der Waals surface area contributed by atoms with E-state index >= 15 is 0 Å². The Balaban J connectivity index is 2.33. The van der Waals surface area contributed by atoms with Gasteiger partial charge in [0.05, 0.1) is 0 Å². The van der Waals surface area contributed by atoms with Gasteiger partial charge in [-0.15, -0.1) is 0 Å². The molecule has 100 valence electrons. The van der Waals surface area contributed by atoms with E-state index in [-0.39, 0.29) is 22.9 Å². The van der Waals surface area contributed by atoms with Crippen LogP contribution in [0.15, 0.2) is 18.2 Å². The van der Waals surface area contributed by atoms with Gasteiger partial charge in [-0.05, 0) is 30.7 Å². The predicted molar refractivity (Wildman–Crippen MR) is 68.6 cm³/mol. The summed E-state index contributed by atoms with van der Waals surface area (Å²) in [5.74, 6) is -1.32. The largest absolute Gasteiger partial charge is 0.354 e. The molecule has 2 aromatic rings. The van der Waals surface area contributed by atoms with Gasteiger partial charge in [0, 0.05) is 6.54 Å². The molecule has 2 N–H and O–H groups in total. The van der Waals surface area contributed by atoms with Crippen LogP contribution in [0, 0.1) is 11.6 Å². The Bertz CT molecular complexity index is 573. The molecule has 1 aromatic heterocycles. The monoisotopic (exact) mass is 285 g/mol. The van der Waals surface area contributed by atoms with E-state index < -0.39 is 11.6 Å². The summed E-state index contributed by atoms with van der Waals surface area (Å²) in [6.07, 6.45) is 0. The van der Waals surface area contributed by atoms with E-state index in [4.69, 9.17) is 11.6 Å². The van der Waals surface area contributed by atoms with Gasteiger partial charge in [0.2, 0.25) is 17.2 Å². The van der Waals surface area contributed by atoms with E-state index in [0.717, 1.165) is 12.1 Å². The fourth-order valence-electron chi connectivity index (χ4n) is 1.37. The Kier molecular flexibility index (Phi) is 4.06. The Morgan fingerprint density at radius 1 is 1.11 bits per heavy atom. The smallest absolute Gasteiger partial charge is 0.233 e. The highest BCUT2D eigenvalue weighted by Gasteiger charge is 2.11. The van der Waals surface area contributed by atoms with Gasteiger partial charge in [-0.25, -0.2) is 8.78 Å². The Hall–Kier alpha value is -2.02. The second-order valence-corrected chi connectivity index (χ2v) is 3.84. The highest BCUT2D eigenvalue weighted by molar-refractivity contribution is 6.28. The van der Waals surface area contributed by atoms with Crippen molar-refractivity contribution in [3.8, 4) is 0 Å². The van der Waals surface area contributed by atoms with Crippen LogP contribution in [0.1, 0.15) is 6.92 Å². The molecule has 8 heteroatoms. The first-order valence-corrected chi connectivity index (χ1v) is 5.84. The number of rotatable bonds is 4. The highest BCUT2D eigenvalue weighted by Crippen LogP contribution is 2.22. The topological polar surface area (TPSA) is 62.7 Å². The van der Waals surface area contributed by atoms with Crippen LogP contribution in [0.4, 0.5) is 26.4 Å². The minimum atomic E-state index is -0.749. The summed E-state index contributed by atoms with van der Waals surface area (Å²) in [7, 11) is 0. The first-order chi connectivity index (χ1) is 9.10. The number of nitrogens with one attached hydrogen (secondary N) is 2. The quantitative estimate of drug-likeness (QED) is 0.904. The number of aromatic nitrogens is 3. The second-order valence-electron chi connectivity index (χ2n) is 3.50. The number of anilines is 3. The SMILES string of the molecule is CCNc1nc(Cl)nc(Nc2c(F)cccc2F)n1. The summed E-state index contributed by atoms with van der Waals surface area (Å²) in [6.45, 7) is 2.43. The molecule has 0 radical (unpaired) electrons. The molecule has 0 aliphatic carbocycles. The van der Waals surface area contributed by atoms with Crippen LogP contribution in [0.5, 0.6) is 0 Å². The van der Waals surface area contributed by atoms with E-state index in [1.165, 1.54) is 6.07 Å². The molecular formula is C11H10ClF2N5. The molecule has 0 fully saturated rings. The second kappa shape index (κ2) is 5.75. The van der Waals surface area contributed by atoms with Gasteiger partial charge < -0.3 is 10.6 Å². The number of hydrogen-bond donors (Lipinski definition) is 2. The van der Waals surface area contributed by atoms with Gasteiger partial charge in [-0.2, -0.15) is 15.0 Å². The number of halogens is 3. The zero-order valence-electron chi connectivity index (χ0n) is 9.91. The molecule has 0 unspecified atom stereocenters. The average molecular weight is 286 g/mol. The average Bonchev–Trinajstić information content (AvgIpc) is 2.34. The van der Waals surface area contributed by atoms with Gasteiger partial charge >= 0.3 is 0 Å². The first kappa shape index (κ1) is 13.4. The van der Waals surface area contributed by atoms with Crippen molar-refractivity contribution < 1.29 is 8.78 Å². The van der Waals surface area contributed by atoms with Gasteiger partial charge in [-0.1, -0.05) is 6.07 Å². The van der Waals surface area contributed by atoms with Crippen LogP contribution in [0.25, 0.3) is 0 Å². The zero-order chi connectivity index (χ0) is 13.8. The van der Waals surface area contributed by atoms with Crippen LogP contribution in [-0.4, -0.2) is 21.5 Å². The molecule has 0 saturated carbocycles. The Morgan fingerprint density at radius 3 is 2.37 bits per heavy atom. The number of benzene rings is 1. The van der Waals surface area contributed by atoms with E-state index in [2.05, 4.69) is 25.6 Å². The molecule has 0 saturated heterocycles. The van der Waals surface area contributed by atoms with Gasteiger partial charge in [0.1, 0.15) is 17.3 Å². The summed E-state index contributed by atoms with van der Waals surface area (Å²) in [4.78, 5) is 11.5. The summed E-state index contributed by atoms with van der Waals surface area (Å²) in [5, 5.41) is 5.19. The molecule has 0 bridgehead atoms. The molecule has 0 amide bonds. The van der Waals surface area contributed by atoms with Gasteiger partial charge in [-0.3, -0.25) is 0 Å². The lowest BCUT2D eigenvalue weighted by molar-refractivity contribution is 0.590. The lowest BCUT2D eigenvalue weighted by Gasteiger charge is -2.08. The van der Waals surface area contributed by atoms with Crippen molar-refractivity contribution in [1.29, 1.82) is 0 Å². The van der Waals surface area contributed by atoms with E-state index in [0.29, 0.717) is 6.54 Å². The number of hydrogen-bond acceptors (Lipinski definition) is 5. The van der Waals surface area contributed by atoms with Crippen LogP contribution in [0.2, 0.25) is 5.28 Å². The van der Waals surface area contributed by atoms with Crippen molar-refractivity contribution in [2.75, 3.05) is 17.2 Å². The van der Waals surface area contributed by atoms with Crippen molar-refractivity contribution in [1.82, 2.24) is 15.0 Å². The van der Waals surface area contributed by atoms with Crippen LogP contribution >= 0.6 is 11.6 Å². The standard InChI is InChI=1S/C11H10ClF2N5/c1-2-15-10-17-9(12)18-11(19-10)16-8-6(13)4-3-5-7(8)14/h3-5H,2H2,1H3,(H2,15,16,17,18,19). The van der Waals surface area contributed by atoms with Gasteiger partial charge in [0.25, 0.3) is 0 Å². The number of nitrogens with zero attached hydrogens (tertiary/aromatic N) is 3. The Labute approximate surface area is 113 Å². The number of para-hydroxylation sites is 1. The lowest BCUT2D eigenvalue weighted by Crippen LogP contribution is -2.07. The molecule has 0 aliphatic rings. The molecule has 1 heterocycles. The molecule has 5 nitrogen and oxygen atoms in total. The lowest BCUT2D eigenvalue weighted by atomic mass is 10.3. The van der Waals surface area contributed by atoms with Gasteiger partial charge in [0.15, 0.2) is 0 Å². The maximum atomic E-state index is 13.5. The molecule has 0 aliphatic heterocycles. The molecule has 0 atom stereocenters. The van der Waals surface area contributed by atoms with Crippen molar-refractivity contribution >= 4 is 29.2 Å². The van der Waals surface area contributed by atoms with E-state index in [1.807, 2.05) is 6.92 Å². The van der Waals surface area contributed by atoms with Crippen LogP contribution in [-0.2, 0) is 0 Å². The molecule has 2 rings (SSSR count). The fourth-order valence-corrected chi connectivity index (χ4v) is 1.53. The molecular weight excluding hydrogens is 276 g/mol. The maximum Gasteiger partial charge on any atom is 0.233 e. The van der Waals surface area contributed by atoms with Crippen LogP contribution < -0.4 is 10.6 Å². The summed E-state index contributed by atoms with van der Waals surface area (Å²) >= 11 is 5.70. The van der Waals surface area contributed by atoms with Crippen molar-refractivity contribution in [2.24, 2.45) is 0 Å². The van der Waals surface area contributed by atoms with E-state index in [9.17, 15) is 8.78 Å². The van der Waals surface area contributed by atoms with E-state index in [1.54, 1.807) is 0 Å². The molecule has 19 heavy (non-hydrogen) atoms. The third kappa shape index (κ3) is 3.25. The highest BCUT2D eigenvalue weighted by atomic mass is 35.5. The summed E-state index contributed by atoms with van der Waals surface area (Å²) < 4.78 is 26.9. The van der Waals surface area contributed by atoms with Crippen molar-refractivity contribution in [3.05, 3.63) is 35.1 Å². The zero-order valence-corrected chi connectivity index (χ0v) is 10.7. The third-order valence-corrected chi connectivity index (χ3v) is 2.31. The maximum absolute atomic E-state index is 13.5. The minimum absolute atomic E-state index is 0.0417. The molecule has 0 spiro atoms. The molecule has 1 aromatic carbocycles. The van der Waals surface area contributed by atoms with Crippen molar-refractivity contribution in [3.63, 3.8) is 0 Å². The van der Waals surface area contributed by atoms with Crippen LogP contribution in [0.3, 0.4) is 0 Å². The predicted octanol–water partition coefficient (Wildman–Crippen LogP) is 2.98. The first-order valence-electron chi connectivity index (χ1n) is 5.46.